The van der Waals surface area contributed by atoms with Gasteiger partial charge in [0.15, 0.2) is 5.76 Å². The molecule has 2 heterocycles. The summed E-state index contributed by atoms with van der Waals surface area (Å²) >= 11 is 0. The van der Waals surface area contributed by atoms with Gasteiger partial charge in [0.05, 0.1) is 0 Å². The molecule has 0 saturated carbocycles. The molecule has 0 amide bonds. The van der Waals surface area contributed by atoms with E-state index in [0.29, 0.717) is 6.42 Å². The summed E-state index contributed by atoms with van der Waals surface area (Å²) in [5.74, 6) is 4.74. The van der Waals surface area contributed by atoms with E-state index in [0.717, 1.165) is 30.4 Å². The van der Waals surface area contributed by atoms with Crippen LogP contribution in [0.1, 0.15) is 49.3 Å². The zero-order chi connectivity index (χ0) is 29.0. The Morgan fingerprint density at radius 3 is 2.22 bits per heavy atom. The lowest BCUT2D eigenvalue weighted by Crippen LogP contribution is -2.31. The minimum atomic E-state index is -0.870. The number of aliphatic hydroxyl groups excluding tert-OH is 1. The highest BCUT2D eigenvalue weighted by molar-refractivity contribution is 5.91. The summed E-state index contributed by atoms with van der Waals surface area (Å²) in [5.41, 5.74) is 0.447. The fourth-order valence-electron chi connectivity index (χ4n) is 3.99. The van der Waals surface area contributed by atoms with E-state index >= 15 is 0 Å². The topological polar surface area (TPSA) is 120 Å². The van der Waals surface area contributed by atoms with Gasteiger partial charge in [0.2, 0.25) is 5.76 Å². The average Bonchev–Trinajstić information content (AvgIpc) is 3.28. The van der Waals surface area contributed by atoms with Crippen molar-refractivity contribution in [3.63, 3.8) is 0 Å². The molecule has 0 radical (unpaired) electrons. The second-order valence-electron chi connectivity index (χ2n) is 9.40. The Morgan fingerprint density at radius 2 is 1.59 bits per heavy atom. The summed E-state index contributed by atoms with van der Waals surface area (Å²) in [4.78, 5) is 39.8. The van der Waals surface area contributed by atoms with Gasteiger partial charge in [0.25, 0.3) is 11.3 Å². The fourth-order valence-corrected chi connectivity index (χ4v) is 3.99. The predicted molar refractivity (Wildman–Crippen MR) is 152 cm³/mol. The molecule has 0 saturated heterocycles. The number of esters is 1. The quantitative estimate of drug-likeness (QED) is 0.197. The van der Waals surface area contributed by atoms with Crippen molar-refractivity contribution < 1.29 is 24.1 Å². The molecule has 1 aliphatic heterocycles. The number of aromatic nitrogens is 2. The van der Waals surface area contributed by atoms with Crippen LogP contribution in [0, 0.1) is 11.8 Å². The molecule has 1 unspecified atom stereocenters. The molecule has 0 spiro atoms. The number of nitrogens with zero attached hydrogens (tertiary/aromatic N) is 1. The number of cyclic esters (lactones) is 1. The van der Waals surface area contributed by atoms with Gasteiger partial charge in [0.1, 0.15) is 24.9 Å². The third-order valence-electron chi connectivity index (χ3n) is 6.21. The van der Waals surface area contributed by atoms with Crippen LogP contribution in [-0.2, 0) is 38.8 Å². The van der Waals surface area contributed by atoms with E-state index in [4.69, 9.17) is 14.2 Å². The molecule has 0 bridgehead atoms. The molecular formula is C32H32N2O7. The van der Waals surface area contributed by atoms with Crippen LogP contribution < -0.4 is 11.2 Å². The molecule has 0 fully saturated rings. The molecule has 1 aliphatic rings. The highest BCUT2D eigenvalue weighted by Crippen LogP contribution is 2.30. The van der Waals surface area contributed by atoms with Crippen LogP contribution >= 0.6 is 0 Å². The zero-order valence-corrected chi connectivity index (χ0v) is 22.8. The first-order valence-corrected chi connectivity index (χ1v) is 13.5. The van der Waals surface area contributed by atoms with Crippen molar-refractivity contribution in [3.05, 3.63) is 128 Å². The van der Waals surface area contributed by atoms with Gasteiger partial charge in [-0.3, -0.25) is 14.3 Å². The van der Waals surface area contributed by atoms with E-state index in [9.17, 15) is 19.5 Å². The maximum absolute atomic E-state index is 12.8. The molecule has 2 N–H and O–H groups in total. The monoisotopic (exact) mass is 556 g/mol. The molecular weight excluding hydrogens is 524 g/mol. The fraction of sp³-hybridized carbons (Fsp3) is 0.281. The largest absolute Gasteiger partial charge is 0.481 e. The van der Waals surface area contributed by atoms with Crippen LogP contribution in [0.4, 0.5) is 0 Å². The van der Waals surface area contributed by atoms with Gasteiger partial charge in [-0.2, -0.15) is 0 Å². The SMILES string of the molecule is CCCCCC(O)C#Cc1cn(C/C=C2\OC(=O)C(OCc3ccccc3)=C2OCc2ccccc2)c(=O)[nH]c1=O. The summed E-state index contributed by atoms with van der Waals surface area (Å²) < 4.78 is 18.5. The van der Waals surface area contributed by atoms with Crippen LogP contribution in [0.15, 0.2) is 99.8 Å². The summed E-state index contributed by atoms with van der Waals surface area (Å²) in [7, 11) is 0. The summed E-state index contributed by atoms with van der Waals surface area (Å²) in [6, 6.07) is 18.8. The molecule has 2 aromatic carbocycles. The van der Waals surface area contributed by atoms with Gasteiger partial charge < -0.3 is 19.3 Å². The number of aromatic amines is 1. The summed E-state index contributed by atoms with van der Waals surface area (Å²) in [6.45, 7) is 2.29. The number of hydrogen-bond acceptors (Lipinski definition) is 7. The van der Waals surface area contributed by atoms with Gasteiger partial charge in [-0.05, 0) is 30.0 Å². The van der Waals surface area contributed by atoms with E-state index in [1.165, 1.54) is 16.8 Å². The normalized spacial score (nSPS) is 14.4. The van der Waals surface area contributed by atoms with Crippen molar-refractivity contribution in [2.75, 3.05) is 0 Å². The number of allylic oxidation sites excluding steroid dienone is 1. The van der Waals surface area contributed by atoms with E-state index in [1.807, 2.05) is 60.7 Å². The first kappa shape index (κ1) is 29.2. The van der Waals surface area contributed by atoms with Crippen molar-refractivity contribution in [2.45, 2.75) is 58.5 Å². The minimum absolute atomic E-state index is 0.0314. The standard InChI is InChI=1S/C32H32N2O7/c1-2-3-6-15-26(35)17-16-25-20-34(32(38)33-30(25)36)19-18-27-28(39-21-23-11-7-4-8-12-23)29(31(37)41-27)40-22-24-13-9-5-10-14-24/h4-5,7-14,18,20,26,35H,2-3,6,15,19,21-22H2,1H3,(H,33,36,38)/b27-18-. The lowest BCUT2D eigenvalue weighted by Gasteiger charge is -2.10. The molecule has 9 nitrogen and oxygen atoms in total. The number of benzene rings is 2. The lowest BCUT2D eigenvalue weighted by atomic mass is 10.1. The summed E-state index contributed by atoms with van der Waals surface area (Å²) in [6.07, 6.45) is 5.26. The first-order valence-electron chi connectivity index (χ1n) is 13.5. The smallest absolute Gasteiger partial charge is 0.383 e. The third-order valence-corrected chi connectivity index (χ3v) is 6.21. The number of unbranched alkanes of at least 4 members (excludes halogenated alkanes) is 2. The van der Waals surface area contributed by atoms with Crippen LogP contribution in [0.25, 0.3) is 0 Å². The molecule has 1 aromatic heterocycles. The van der Waals surface area contributed by atoms with E-state index < -0.39 is 23.3 Å². The highest BCUT2D eigenvalue weighted by Gasteiger charge is 2.34. The van der Waals surface area contributed by atoms with Crippen molar-refractivity contribution in [1.82, 2.24) is 9.55 Å². The van der Waals surface area contributed by atoms with Gasteiger partial charge in [-0.15, -0.1) is 0 Å². The molecule has 41 heavy (non-hydrogen) atoms. The number of hydrogen-bond donors (Lipinski definition) is 2. The van der Waals surface area contributed by atoms with Crippen LogP contribution in [0.2, 0.25) is 0 Å². The molecule has 1 atom stereocenters. The average molecular weight is 557 g/mol. The number of H-pyrrole nitrogens is 1. The van der Waals surface area contributed by atoms with Crippen LogP contribution in [-0.4, -0.2) is 26.7 Å². The van der Waals surface area contributed by atoms with Gasteiger partial charge in [-0.1, -0.05) is 92.3 Å². The zero-order valence-electron chi connectivity index (χ0n) is 22.8. The maximum atomic E-state index is 12.8. The Bertz CT molecular complexity index is 1580. The van der Waals surface area contributed by atoms with Crippen LogP contribution in [0.5, 0.6) is 0 Å². The number of carbonyl (C=O) groups is 1. The van der Waals surface area contributed by atoms with Crippen molar-refractivity contribution >= 4 is 5.97 Å². The Morgan fingerprint density at radius 1 is 0.951 bits per heavy atom. The van der Waals surface area contributed by atoms with Gasteiger partial charge >= 0.3 is 11.7 Å². The van der Waals surface area contributed by atoms with E-state index in [1.54, 1.807) is 0 Å². The molecule has 9 heteroatoms. The van der Waals surface area contributed by atoms with Gasteiger partial charge in [-0.25, -0.2) is 9.59 Å². The Kier molecular flexibility index (Phi) is 10.3. The third kappa shape index (κ3) is 8.34. The van der Waals surface area contributed by atoms with E-state index in [2.05, 4.69) is 23.7 Å². The second-order valence-corrected chi connectivity index (χ2v) is 9.40. The number of ether oxygens (including phenoxy) is 3. The van der Waals surface area contributed by atoms with Crippen molar-refractivity contribution in [2.24, 2.45) is 0 Å². The minimum Gasteiger partial charge on any atom is -0.481 e. The van der Waals surface area contributed by atoms with Crippen LogP contribution in [0.3, 0.4) is 0 Å². The van der Waals surface area contributed by atoms with Crippen molar-refractivity contribution in [1.29, 1.82) is 0 Å². The van der Waals surface area contributed by atoms with Crippen molar-refractivity contribution in [3.8, 4) is 11.8 Å². The van der Waals surface area contributed by atoms with E-state index in [-0.39, 0.29) is 42.6 Å². The summed E-state index contributed by atoms with van der Waals surface area (Å²) in [5, 5.41) is 10.1. The number of nitrogens with one attached hydrogen (secondary N) is 1. The Hall–Kier alpha value is -4.81. The second kappa shape index (κ2) is 14.5. The molecule has 0 aliphatic carbocycles. The lowest BCUT2D eigenvalue weighted by molar-refractivity contribution is -0.136. The number of aliphatic hydroxyl groups is 1. The number of rotatable bonds is 12. The molecule has 3 aromatic rings. The first-order chi connectivity index (χ1) is 19.9. The number of carbonyl (C=O) groups excluding carboxylic acids is 1. The maximum Gasteiger partial charge on any atom is 0.383 e. The molecule has 4 rings (SSSR count). The Labute approximate surface area is 237 Å². The molecule has 212 valence electrons. The predicted octanol–water partition coefficient (Wildman–Crippen LogP) is 3.92. The Balaban J connectivity index is 1.57. The van der Waals surface area contributed by atoms with Gasteiger partial charge in [0, 0.05) is 12.7 Å². The highest BCUT2D eigenvalue weighted by atomic mass is 16.6.